The van der Waals surface area contributed by atoms with Crippen molar-refractivity contribution in [1.82, 2.24) is 14.6 Å². The van der Waals surface area contributed by atoms with Crippen molar-refractivity contribution >= 4 is 21.3 Å². The lowest BCUT2D eigenvalue weighted by Crippen LogP contribution is -2.22. The quantitative estimate of drug-likeness (QED) is 0.816. The molecule has 1 saturated heterocycles. The second-order valence-electron chi connectivity index (χ2n) is 4.64. The van der Waals surface area contributed by atoms with Gasteiger partial charge in [-0.1, -0.05) is 0 Å². The smallest absolute Gasteiger partial charge is 0.157 e. The number of fused-ring (bicyclic) bond motifs is 1. The number of aromatic nitrogens is 3. The van der Waals surface area contributed by atoms with Crippen LogP contribution in [0.2, 0.25) is 0 Å². The molecule has 1 aliphatic rings. The Labute approximate surface area is 105 Å². The molecule has 3 rings (SSSR count). The Balaban J connectivity index is 1.94. The first-order chi connectivity index (χ1) is 8.55. The van der Waals surface area contributed by atoms with Crippen LogP contribution in [-0.2, 0) is 9.84 Å². The third kappa shape index (κ3) is 1.94. The average Bonchev–Trinajstić information content (AvgIpc) is 2.74. The number of nitrogens with zero attached hydrogens (tertiary/aromatic N) is 3. The Bertz CT molecular complexity index is 678. The molecule has 0 saturated carbocycles. The van der Waals surface area contributed by atoms with E-state index in [1.54, 1.807) is 16.8 Å². The number of rotatable bonds is 1. The number of nitrogen functional groups attached to an aromatic ring is 1. The van der Waals surface area contributed by atoms with E-state index in [0.29, 0.717) is 24.3 Å². The summed E-state index contributed by atoms with van der Waals surface area (Å²) in [5, 5.41) is 4.42. The summed E-state index contributed by atoms with van der Waals surface area (Å²) in [5.74, 6) is 1.22. The van der Waals surface area contributed by atoms with E-state index >= 15 is 0 Å². The molecule has 7 heteroatoms. The molecule has 0 amide bonds. The van der Waals surface area contributed by atoms with Crippen LogP contribution in [0.15, 0.2) is 18.3 Å². The molecule has 1 fully saturated rings. The minimum atomic E-state index is -2.84. The van der Waals surface area contributed by atoms with E-state index in [0.717, 1.165) is 5.69 Å². The van der Waals surface area contributed by atoms with Crippen LogP contribution in [0, 0.1) is 0 Å². The van der Waals surface area contributed by atoms with Gasteiger partial charge in [0.25, 0.3) is 0 Å². The van der Waals surface area contributed by atoms with E-state index in [1.165, 1.54) is 0 Å². The molecule has 0 unspecified atom stereocenters. The fraction of sp³-hybridized carbons (Fsp3) is 0.455. The molecule has 0 aliphatic carbocycles. The van der Waals surface area contributed by atoms with E-state index in [1.807, 2.05) is 6.07 Å². The highest BCUT2D eigenvalue weighted by molar-refractivity contribution is 7.91. The van der Waals surface area contributed by atoms with Crippen LogP contribution in [-0.4, -0.2) is 34.5 Å². The van der Waals surface area contributed by atoms with Crippen LogP contribution in [0.25, 0.3) is 5.65 Å². The summed E-state index contributed by atoms with van der Waals surface area (Å²) in [4.78, 5) is 4.19. The highest BCUT2D eigenvalue weighted by Crippen LogP contribution is 2.28. The monoisotopic (exact) mass is 266 g/mol. The van der Waals surface area contributed by atoms with Gasteiger partial charge in [0, 0.05) is 18.2 Å². The predicted molar refractivity (Wildman–Crippen MR) is 68.0 cm³/mol. The molecular weight excluding hydrogens is 252 g/mol. The third-order valence-electron chi connectivity index (χ3n) is 3.38. The largest absolute Gasteiger partial charge is 0.384 e. The minimum absolute atomic E-state index is 0.189. The molecule has 6 nitrogen and oxygen atoms in total. The summed E-state index contributed by atoms with van der Waals surface area (Å²) < 4.78 is 24.4. The molecule has 0 atom stereocenters. The van der Waals surface area contributed by atoms with Crippen molar-refractivity contribution in [2.45, 2.75) is 18.8 Å². The minimum Gasteiger partial charge on any atom is -0.384 e. The summed E-state index contributed by atoms with van der Waals surface area (Å²) >= 11 is 0. The van der Waals surface area contributed by atoms with Gasteiger partial charge in [-0.2, -0.15) is 9.61 Å². The number of sulfone groups is 1. The van der Waals surface area contributed by atoms with Gasteiger partial charge in [0.1, 0.15) is 15.7 Å². The second kappa shape index (κ2) is 3.94. The van der Waals surface area contributed by atoms with Gasteiger partial charge in [-0.3, -0.25) is 0 Å². The van der Waals surface area contributed by atoms with Crippen molar-refractivity contribution in [3.8, 4) is 0 Å². The highest BCUT2D eigenvalue weighted by atomic mass is 32.2. The van der Waals surface area contributed by atoms with Crippen LogP contribution in [0.1, 0.15) is 24.5 Å². The Morgan fingerprint density at radius 3 is 2.72 bits per heavy atom. The predicted octanol–water partition coefficient (Wildman–Crippen LogP) is 0.604. The van der Waals surface area contributed by atoms with Crippen LogP contribution in [0.3, 0.4) is 0 Å². The molecule has 0 bridgehead atoms. The summed E-state index contributed by atoms with van der Waals surface area (Å²) in [6.07, 6.45) is 2.90. The van der Waals surface area contributed by atoms with E-state index < -0.39 is 9.84 Å². The van der Waals surface area contributed by atoms with Gasteiger partial charge in [-0.15, -0.1) is 0 Å². The molecule has 2 aromatic rings. The Morgan fingerprint density at radius 2 is 2.06 bits per heavy atom. The standard InChI is InChI=1S/C11H14N4O2S/c12-10-1-4-13-11-7-9(14-15(10)11)8-2-5-18(16,17)6-3-8/h1,4,7-8H,2-3,5-6,12H2. The fourth-order valence-corrected chi connectivity index (χ4v) is 3.81. The molecule has 0 spiro atoms. The molecule has 0 radical (unpaired) electrons. The second-order valence-corrected chi connectivity index (χ2v) is 6.94. The summed E-state index contributed by atoms with van der Waals surface area (Å²) in [5.41, 5.74) is 7.40. The number of anilines is 1. The normalized spacial score (nSPS) is 20.2. The highest BCUT2D eigenvalue weighted by Gasteiger charge is 2.26. The van der Waals surface area contributed by atoms with Gasteiger partial charge in [0.15, 0.2) is 5.65 Å². The van der Waals surface area contributed by atoms with Crippen molar-refractivity contribution in [1.29, 1.82) is 0 Å². The van der Waals surface area contributed by atoms with Gasteiger partial charge < -0.3 is 5.73 Å². The Kier molecular flexibility index (Phi) is 2.51. The number of nitrogens with two attached hydrogens (primary N) is 1. The van der Waals surface area contributed by atoms with Crippen molar-refractivity contribution < 1.29 is 8.42 Å². The van der Waals surface area contributed by atoms with Crippen molar-refractivity contribution in [2.75, 3.05) is 17.2 Å². The molecule has 3 heterocycles. The van der Waals surface area contributed by atoms with Gasteiger partial charge >= 0.3 is 0 Å². The lowest BCUT2D eigenvalue weighted by Gasteiger charge is -2.19. The summed E-state index contributed by atoms with van der Waals surface area (Å²) in [7, 11) is -2.84. The van der Waals surface area contributed by atoms with E-state index in [2.05, 4.69) is 10.1 Å². The van der Waals surface area contributed by atoms with Crippen molar-refractivity contribution in [2.24, 2.45) is 0 Å². The van der Waals surface area contributed by atoms with Gasteiger partial charge in [0.2, 0.25) is 0 Å². The Hall–Kier alpha value is -1.63. The van der Waals surface area contributed by atoms with Crippen LogP contribution >= 0.6 is 0 Å². The third-order valence-corrected chi connectivity index (χ3v) is 5.09. The molecule has 2 aromatic heterocycles. The van der Waals surface area contributed by atoms with Gasteiger partial charge in [-0.05, 0) is 18.9 Å². The summed E-state index contributed by atoms with van der Waals surface area (Å²) in [6, 6.07) is 3.58. The maximum atomic E-state index is 11.4. The number of hydrogen-bond acceptors (Lipinski definition) is 5. The van der Waals surface area contributed by atoms with Gasteiger partial charge in [-0.25, -0.2) is 13.4 Å². The zero-order valence-corrected chi connectivity index (χ0v) is 10.6. The lowest BCUT2D eigenvalue weighted by atomic mass is 9.99. The lowest BCUT2D eigenvalue weighted by molar-refractivity contribution is 0.543. The summed E-state index contributed by atoms with van der Waals surface area (Å²) in [6.45, 7) is 0. The van der Waals surface area contributed by atoms with E-state index in [9.17, 15) is 8.42 Å². The molecule has 0 aromatic carbocycles. The molecule has 96 valence electrons. The van der Waals surface area contributed by atoms with Crippen LogP contribution in [0.5, 0.6) is 0 Å². The first-order valence-electron chi connectivity index (χ1n) is 5.86. The van der Waals surface area contributed by atoms with Crippen LogP contribution in [0.4, 0.5) is 5.82 Å². The molecule has 18 heavy (non-hydrogen) atoms. The zero-order valence-electron chi connectivity index (χ0n) is 9.78. The topological polar surface area (TPSA) is 90.3 Å². The van der Waals surface area contributed by atoms with E-state index in [-0.39, 0.29) is 17.4 Å². The average molecular weight is 266 g/mol. The maximum absolute atomic E-state index is 11.4. The van der Waals surface area contributed by atoms with Crippen LogP contribution < -0.4 is 5.73 Å². The maximum Gasteiger partial charge on any atom is 0.157 e. The molecule has 2 N–H and O–H groups in total. The van der Waals surface area contributed by atoms with Gasteiger partial charge in [0.05, 0.1) is 17.2 Å². The molecule has 1 aliphatic heterocycles. The first-order valence-corrected chi connectivity index (χ1v) is 7.68. The Morgan fingerprint density at radius 1 is 1.33 bits per heavy atom. The van der Waals surface area contributed by atoms with Crippen molar-refractivity contribution in [3.63, 3.8) is 0 Å². The zero-order chi connectivity index (χ0) is 12.8. The number of hydrogen-bond donors (Lipinski definition) is 1. The van der Waals surface area contributed by atoms with Crippen molar-refractivity contribution in [3.05, 3.63) is 24.0 Å². The van der Waals surface area contributed by atoms with E-state index in [4.69, 9.17) is 5.73 Å². The SMILES string of the molecule is Nc1ccnc2cc(C3CCS(=O)(=O)CC3)nn12. The first kappa shape index (κ1) is 11.5. The fourth-order valence-electron chi connectivity index (χ4n) is 2.32. The molecular formula is C11H14N4O2S.